The minimum Gasteiger partial charge on any atom is -0.497 e. The van der Waals surface area contributed by atoms with E-state index in [0.717, 1.165) is 37.5 Å². The maximum absolute atomic E-state index is 11.4. The number of benzene rings is 2. The number of nitrogens with two attached hydrogens (primary N) is 1. The number of cyclic esters (lactones) is 2. The number of carbonyl (C=O) groups excluding carboxylic acids is 3. The highest BCUT2D eigenvalue weighted by Gasteiger charge is 2.10. The minimum atomic E-state index is -1.15. The number of ether oxygens (including phenoxy) is 4. The Labute approximate surface area is 236 Å². The van der Waals surface area contributed by atoms with Crippen LogP contribution in [0.1, 0.15) is 19.4 Å². The SMILES string of the molecule is CCOCC.COc1cc(Cl)cc(CC(=O)/C=C/C(=O)O)c1.COc1cc(N)cc(Cl)c1.O=C1C=CC(=O)O1. The molecule has 2 aromatic carbocycles. The molecule has 0 aromatic heterocycles. The van der Waals surface area contributed by atoms with Crippen LogP contribution in [0.2, 0.25) is 10.0 Å². The number of carboxylic acids is 1. The molecule has 0 saturated carbocycles. The second-order valence-electron chi connectivity index (χ2n) is 7.09. The monoisotopic (exact) mass is 583 g/mol. The van der Waals surface area contributed by atoms with Gasteiger partial charge in [0.05, 0.1) is 14.2 Å². The molecule has 0 fully saturated rings. The van der Waals surface area contributed by atoms with Gasteiger partial charge in [0.1, 0.15) is 11.5 Å². The van der Waals surface area contributed by atoms with Crippen molar-refractivity contribution in [3.8, 4) is 11.5 Å². The van der Waals surface area contributed by atoms with Crippen molar-refractivity contribution in [1.29, 1.82) is 0 Å². The second kappa shape index (κ2) is 20.1. The molecule has 0 saturated heterocycles. The summed E-state index contributed by atoms with van der Waals surface area (Å²) >= 11 is 11.5. The average molecular weight is 584 g/mol. The molecule has 1 aliphatic rings. The number of ketones is 1. The summed E-state index contributed by atoms with van der Waals surface area (Å²) in [6.45, 7) is 5.67. The van der Waals surface area contributed by atoms with Gasteiger partial charge in [-0.2, -0.15) is 0 Å². The largest absolute Gasteiger partial charge is 0.497 e. The summed E-state index contributed by atoms with van der Waals surface area (Å²) in [4.78, 5) is 41.5. The van der Waals surface area contributed by atoms with Gasteiger partial charge in [-0.05, 0) is 55.8 Å². The van der Waals surface area contributed by atoms with Gasteiger partial charge in [0.2, 0.25) is 0 Å². The number of anilines is 1. The van der Waals surface area contributed by atoms with Crippen LogP contribution < -0.4 is 15.2 Å². The highest BCUT2D eigenvalue weighted by atomic mass is 35.5. The predicted octanol–water partition coefficient (Wildman–Crippen LogP) is 4.70. The van der Waals surface area contributed by atoms with Crippen LogP contribution >= 0.6 is 23.2 Å². The molecule has 12 heteroatoms. The van der Waals surface area contributed by atoms with Gasteiger partial charge in [0.15, 0.2) is 5.78 Å². The van der Waals surface area contributed by atoms with Crippen LogP contribution in [0.4, 0.5) is 5.69 Å². The maximum atomic E-state index is 11.4. The molecule has 0 atom stereocenters. The van der Waals surface area contributed by atoms with E-state index in [2.05, 4.69) is 4.74 Å². The maximum Gasteiger partial charge on any atom is 0.338 e. The number of aliphatic carboxylic acids is 1. The summed E-state index contributed by atoms with van der Waals surface area (Å²) < 4.78 is 18.7. The first-order chi connectivity index (χ1) is 18.4. The molecular weight excluding hydrogens is 553 g/mol. The van der Waals surface area contributed by atoms with Crippen molar-refractivity contribution in [3.63, 3.8) is 0 Å². The number of methoxy groups -OCH3 is 2. The van der Waals surface area contributed by atoms with Gasteiger partial charge < -0.3 is 29.8 Å². The summed E-state index contributed by atoms with van der Waals surface area (Å²) in [5.74, 6) is -1.37. The first-order valence-corrected chi connectivity index (χ1v) is 12.1. The Kier molecular flexibility index (Phi) is 18.2. The Morgan fingerprint density at radius 1 is 0.872 bits per heavy atom. The Bertz CT molecular complexity index is 1130. The Morgan fingerprint density at radius 2 is 1.38 bits per heavy atom. The summed E-state index contributed by atoms with van der Waals surface area (Å²) in [5.41, 5.74) is 6.76. The lowest BCUT2D eigenvalue weighted by atomic mass is 10.1. The summed E-state index contributed by atoms with van der Waals surface area (Å²) in [5, 5.41) is 9.44. The van der Waals surface area contributed by atoms with Gasteiger partial charge in [-0.3, -0.25) is 4.79 Å². The molecule has 39 heavy (non-hydrogen) atoms. The van der Waals surface area contributed by atoms with Gasteiger partial charge in [0.25, 0.3) is 0 Å². The average Bonchev–Trinajstić information content (AvgIpc) is 3.25. The topological polar surface area (TPSA) is 151 Å². The van der Waals surface area contributed by atoms with E-state index in [1.807, 2.05) is 13.8 Å². The van der Waals surface area contributed by atoms with Crippen LogP contribution in [0.25, 0.3) is 0 Å². The first kappa shape index (κ1) is 35.1. The van der Waals surface area contributed by atoms with Gasteiger partial charge in [-0.15, -0.1) is 0 Å². The van der Waals surface area contributed by atoms with E-state index in [0.29, 0.717) is 32.8 Å². The van der Waals surface area contributed by atoms with Crippen molar-refractivity contribution in [1.82, 2.24) is 0 Å². The van der Waals surface area contributed by atoms with Crippen LogP contribution in [0, 0.1) is 0 Å². The highest BCUT2D eigenvalue weighted by Crippen LogP contribution is 2.22. The Morgan fingerprint density at radius 3 is 1.77 bits per heavy atom. The van der Waals surface area contributed by atoms with Crippen molar-refractivity contribution < 1.29 is 43.2 Å². The normalized spacial score (nSPS) is 11.2. The second-order valence-corrected chi connectivity index (χ2v) is 7.97. The molecule has 1 aliphatic heterocycles. The summed E-state index contributed by atoms with van der Waals surface area (Å²) in [6, 6.07) is 10.0. The third-order valence-electron chi connectivity index (χ3n) is 4.05. The van der Waals surface area contributed by atoms with Crippen molar-refractivity contribution in [2.45, 2.75) is 20.3 Å². The fourth-order valence-corrected chi connectivity index (χ4v) is 2.96. The fourth-order valence-electron chi connectivity index (χ4n) is 2.47. The van der Waals surface area contributed by atoms with E-state index in [1.54, 1.807) is 43.5 Å². The number of carbonyl (C=O) groups is 4. The number of allylic oxidation sites excluding steroid dienone is 1. The first-order valence-electron chi connectivity index (χ1n) is 11.3. The van der Waals surface area contributed by atoms with Crippen LogP contribution in [0.3, 0.4) is 0 Å². The number of carboxylic acid groups (broad SMARTS) is 1. The number of hydrogen-bond donors (Lipinski definition) is 2. The molecule has 0 spiro atoms. The Hall–Kier alpha value is -3.86. The molecule has 0 amide bonds. The fraction of sp³-hybridized carbons (Fsp3) is 0.259. The lowest BCUT2D eigenvalue weighted by molar-refractivity contribution is -0.150. The molecule has 10 nitrogen and oxygen atoms in total. The van der Waals surface area contributed by atoms with Crippen LogP contribution in [0.15, 0.2) is 60.7 Å². The minimum absolute atomic E-state index is 0.0840. The number of halogens is 2. The molecule has 0 aliphatic carbocycles. The van der Waals surface area contributed by atoms with Gasteiger partial charge in [-0.25, -0.2) is 14.4 Å². The molecule has 0 radical (unpaired) electrons. The van der Waals surface area contributed by atoms with Crippen molar-refractivity contribution in [2.75, 3.05) is 33.2 Å². The summed E-state index contributed by atoms with van der Waals surface area (Å²) in [6.07, 6.45) is 4.09. The van der Waals surface area contributed by atoms with Crippen molar-refractivity contribution in [3.05, 3.63) is 76.3 Å². The van der Waals surface area contributed by atoms with Crippen molar-refractivity contribution >= 4 is 52.6 Å². The molecule has 2 aromatic rings. The van der Waals surface area contributed by atoms with Gasteiger partial charge >= 0.3 is 17.9 Å². The zero-order valence-electron chi connectivity index (χ0n) is 21.9. The molecular formula is C27H31Cl2NO9. The third-order valence-corrected chi connectivity index (χ3v) is 4.49. The van der Waals surface area contributed by atoms with E-state index in [4.69, 9.17) is 48.3 Å². The quantitative estimate of drug-likeness (QED) is 0.193. The van der Waals surface area contributed by atoms with Crippen LogP contribution in [-0.2, 0) is 35.1 Å². The lowest BCUT2D eigenvalue weighted by Crippen LogP contribution is -2.00. The Balaban J connectivity index is 0.000000553. The van der Waals surface area contributed by atoms with Crippen LogP contribution in [-0.4, -0.2) is 56.2 Å². The number of esters is 2. The van der Waals surface area contributed by atoms with E-state index >= 15 is 0 Å². The standard InChI is InChI=1S/C12H11ClO4.C7H8ClNO.C4H2O3.C4H10O/c1-17-11-6-8(4-9(13)7-11)5-10(14)2-3-12(15)16;1-10-7-3-5(8)2-6(9)4-7;5-3-1-2-4(6)7-3;1-3-5-4-2/h2-4,6-7H,5H2,1H3,(H,15,16);2-4H,9H2,1H3;1-2H;3-4H2,1-2H3/b3-2+;;;. The van der Waals surface area contributed by atoms with Crippen LogP contribution in [0.5, 0.6) is 11.5 Å². The number of hydrogen-bond acceptors (Lipinski definition) is 9. The third kappa shape index (κ3) is 18.1. The van der Waals surface area contributed by atoms with E-state index < -0.39 is 17.9 Å². The van der Waals surface area contributed by atoms with E-state index in [9.17, 15) is 19.2 Å². The zero-order chi connectivity index (χ0) is 29.8. The molecule has 0 bridgehead atoms. The highest BCUT2D eigenvalue weighted by molar-refractivity contribution is 6.31. The van der Waals surface area contributed by atoms with E-state index in [-0.39, 0.29) is 12.2 Å². The zero-order valence-corrected chi connectivity index (χ0v) is 23.5. The van der Waals surface area contributed by atoms with Crippen molar-refractivity contribution in [2.24, 2.45) is 0 Å². The lowest BCUT2D eigenvalue weighted by Gasteiger charge is -2.04. The number of nitrogen functional groups attached to an aromatic ring is 1. The van der Waals surface area contributed by atoms with E-state index in [1.165, 1.54) is 7.11 Å². The molecule has 212 valence electrons. The smallest absolute Gasteiger partial charge is 0.338 e. The molecule has 1 heterocycles. The molecule has 3 N–H and O–H groups in total. The molecule has 3 rings (SSSR count). The molecule has 0 unspecified atom stereocenters. The van der Waals surface area contributed by atoms with Gasteiger partial charge in [0, 0.05) is 59.7 Å². The summed E-state index contributed by atoms with van der Waals surface area (Å²) in [7, 11) is 3.08. The predicted molar refractivity (Wildman–Crippen MR) is 148 cm³/mol. The van der Waals surface area contributed by atoms with Gasteiger partial charge in [-0.1, -0.05) is 23.2 Å². The number of rotatable bonds is 8.